The Hall–Kier alpha value is -3.41. The molecule has 1 aliphatic rings. The van der Waals surface area contributed by atoms with E-state index < -0.39 is 66.2 Å². The SMILES string of the molecule is O=C(NC1CON(CC(F)(F)F)C1=O)c1cc(Cl)cc(Br)c1NC(=O)c1cc(C(F)(F)F)nn1-c1ncccc1Cl. The van der Waals surface area contributed by atoms with Crippen molar-refractivity contribution in [2.24, 2.45) is 0 Å². The Balaban J connectivity index is 1.65. The third kappa shape index (κ3) is 6.91. The highest BCUT2D eigenvalue weighted by Crippen LogP contribution is 2.34. The van der Waals surface area contributed by atoms with Gasteiger partial charge in [0.15, 0.2) is 11.5 Å². The first kappa shape index (κ1) is 30.5. The third-order valence-corrected chi connectivity index (χ3v) is 6.42. The van der Waals surface area contributed by atoms with Crippen LogP contribution in [0.25, 0.3) is 5.82 Å². The normalized spacial score (nSPS) is 15.8. The summed E-state index contributed by atoms with van der Waals surface area (Å²) in [5.74, 6) is -3.75. The Morgan fingerprint density at radius 1 is 1.12 bits per heavy atom. The molecule has 1 aromatic carbocycles. The van der Waals surface area contributed by atoms with Gasteiger partial charge < -0.3 is 10.6 Å². The molecule has 1 saturated heterocycles. The summed E-state index contributed by atoms with van der Waals surface area (Å²) >= 11 is 15.2. The minimum Gasteiger partial charge on any atom is -0.338 e. The Morgan fingerprint density at radius 2 is 1.83 bits per heavy atom. The van der Waals surface area contributed by atoms with Gasteiger partial charge in [0.05, 0.1) is 16.3 Å². The van der Waals surface area contributed by atoms with Gasteiger partial charge in [-0.05, 0) is 40.2 Å². The zero-order valence-corrected chi connectivity index (χ0v) is 22.9. The summed E-state index contributed by atoms with van der Waals surface area (Å²) in [5, 5.41) is 7.77. The lowest BCUT2D eigenvalue weighted by molar-refractivity contribution is -0.214. The molecule has 0 bridgehead atoms. The molecule has 3 heterocycles. The van der Waals surface area contributed by atoms with E-state index in [9.17, 15) is 40.7 Å². The number of hydrogen-bond acceptors (Lipinski definition) is 6. The molecule has 41 heavy (non-hydrogen) atoms. The third-order valence-electron chi connectivity index (χ3n) is 5.28. The van der Waals surface area contributed by atoms with E-state index in [2.05, 4.69) is 36.6 Å². The maximum atomic E-state index is 13.5. The molecule has 10 nitrogen and oxygen atoms in total. The largest absolute Gasteiger partial charge is 0.435 e. The second kappa shape index (κ2) is 11.5. The number of rotatable bonds is 6. The average Bonchev–Trinajstić information content (AvgIpc) is 3.45. The van der Waals surface area contributed by atoms with Gasteiger partial charge in [0, 0.05) is 21.8 Å². The number of halogens is 9. The van der Waals surface area contributed by atoms with Crippen molar-refractivity contribution in [3.8, 4) is 5.82 Å². The van der Waals surface area contributed by atoms with Crippen LogP contribution in [0.2, 0.25) is 10.0 Å². The summed E-state index contributed by atoms with van der Waals surface area (Å²) in [6, 6.07) is 3.93. The summed E-state index contributed by atoms with van der Waals surface area (Å²) < 4.78 is 79.0. The number of benzene rings is 1. The molecule has 1 aliphatic heterocycles. The lowest BCUT2D eigenvalue weighted by atomic mass is 10.1. The molecule has 1 atom stereocenters. The zero-order valence-electron chi connectivity index (χ0n) is 19.8. The van der Waals surface area contributed by atoms with E-state index in [1.54, 1.807) is 0 Å². The number of anilines is 1. The molecule has 0 radical (unpaired) electrons. The summed E-state index contributed by atoms with van der Waals surface area (Å²) in [7, 11) is 0. The van der Waals surface area contributed by atoms with Gasteiger partial charge in [-0.3, -0.25) is 19.2 Å². The summed E-state index contributed by atoms with van der Waals surface area (Å²) in [6.45, 7) is -2.33. The molecule has 3 amide bonds. The molecule has 0 aliphatic carbocycles. The Labute approximate surface area is 243 Å². The van der Waals surface area contributed by atoms with E-state index in [-0.39, 0.29) is 31.1 Å². The van der Waals surface area contributed by atoms with Crippen LogP contribution in [0.4, 0.5) is 32.0 Å². The van der Waals surface area contributed by atoms with Gasteiger partial charge in [-0.1, -0.05) is 23.2 Å². The Morgan fingerprint density at radius 3 is 2.46 bits per heavy atom. The van der Waals surface area contributed by atoms with Gasteiger partial charge in [-0.2, -0.15) is 31.4 Å². The van der Waals surface area contributed by atoms with Crippen molar-refractivity contribution in [2.75, 3.05) is 18.5 Å². The van der Waals surface area contributed by atoms with Gasteiger partial charge in [0.1, 0.15) is 24.9 Å². The van der Waals surface area contributed by atoms with Crippen LogP contribution in [0, 0.1) is 0 Å². The molecule has 4 rings (SSSR count). The van der Waals surface area contributed by atoms with Gasteiger partial charge >= 0.3 is 12.4 Å². The van der Waals surface area contributed by atoms with Crippen LogP contribution in [-0.2, 0) is 15.8 Å². The van der Waals surface area contributed by atoms with Crippen LogP contribution in [0.5, 0.6) is 0 Å². The number of hydrogen-bond donors (Lipinski definition) is 2. The number of alkyl halides is 6. The first-order chi connectivity index (χ1) is 19.0. The number of amides is 3. The average molecular weight is 690 g/mol. The predicted molar refractivity (Wildman–Crippen MR) is 133 cm³/mol. The van der Waals surface area contributed by atoms with E-state index in [4.69, 9.17) is 28.0 Å². The second-order valence-electron chi connectivity index (χ2n) is 8.21. The fourth-order valence-corrected chi connectivity index (χ4v) is 4.64. The minimum atomic E-state index is -4.96. The number of aromatic nitrogens is 3. The van der Waals surface area contributed by atoms with E-state index in [1.807, 2.05) is 0 Å². The maximum absolute atomic E-state index is 13.5. The number of carbonyl (C=O) groups excluding carboxylic acids is 3. The van der Waals surface area contributed by atoms with Gasteiger partial charge in [0.2, 0.25) is 0 Å². The fraction of sp³-hybridized carbons (Fsp3) is 0.227. The van der Waals surface area contributed by atoms with Gasteiger partial charge in [0.25, 0.3) is 17.7 Å². The Bertz CT molecular complexity index is 1530. The van der Waals surface area contributed by atoms with Crippen LogP contribution in [0.1, 0.15) is 26.5 Å². The van der Waals surface area contributed by atoms with E-state index in [0.29, 0.717) is 10.7 Å². The molecule has 0 saturated carbocycles. The summed E-state index contributed by atoms with van der Waals surface area (Å²) in [4.78, 5) is 47.2. The number of pyridine rings is 1. The lowest BCUT2D eigenvalue weighted by Crippen LogP contribution is -2.44. The first-order valence-electron chi connectivity index (χ1n) is 11.0. The van der Waals surface area contributed by atoms with Crippen LogP contribution in [-0.4, -0.2) is 62.9 Å². The highest BCUT2D eigenvalue weighted by atomic mass is 79.9. The molecule has 1 fully saturated rings. The molecule has 3 aromatic rings. The van der Waals surface area contributed by atoms with Crippen LogP contribution in [0.15, 0.2) is 41.0 Å². The zero-order chi connectivity index (χ0) is 30.3. The molecule has 1 unspecified atom stereocenters. The quantitative estimate of drug-likeness (QED) is 0.350. The van der Waals surface area contributed by atoms with Crippen molar-refractivity contribution in [2.45, 2.75) is 18.4 Å². The molecule has 2 aromatic heterocycles. The lowest BCUT2D eigenvalue weighted by Gasteiger charge is -2.17. The van der Waals surface area contributed by atoms with Crippen molar-refractivity contribution >= 4 is 62.5 Å². The molecule has 19 heteroatoms. The Kier molecular flexibility index (Phi) is 8.54. The number of nitrogens with one attached hydrogen (secondary N) is 2. The van der Waals surface area contributed by atoms with Crippen LogP contribution in [0.3, 0.4) is 0 Å². The van der Waals surface area contributed by atoms with Crippen molar-refractivity contribution in [3.05, 3.63) is 68.0 Å². The van der Waals surface area contributed by atoms with E-state index in [1.165, 1.54) is 24.4 Å². The summed E-state index contributed by atoms with van der Waals surface area (Å²) in [5.41, 5.74) is -2.81. The smallest absolute Gasteiger partial charge is 0.338 e. The van der Waals surface area contributed by atoms with Crippen molar-refractivity contribution < 1.29 is 45.6 Å². The molecule has 0 spiro atoms. The second-order valence-corrected chi connectivity index (χ2v) is 9.91. The van der Waals surface area contributed by atoms with Crippen LogP contribution < -0.4 is 10.6 Å². The van der Waals surface area contributed by atoms with Crippen LogP contribution >= 0.6 is 39.1 Å². The first-order valence-corrected chi connectivity index (χ1v) is 12.5. The maximum Gasteiger partial charge on any atom is 0.435 e. The molecular formula is C22H13BrCl2F6N6O4. The number of carbonyl (C=O) groups is 3. The topological polar surface area (TPSA) is 118 Å². The molecule has 2 N–H and O–H groups in total. The number of hydroxylamine groups is 2. The van der Waals surface area contributed by atoms with Gasteiger partial charge in [-0.15, -0.1) is 0 Å². The van der Waals surface area contributed by atoms with Crippen molar-refractivity contribution in [3.63, 3.8) is 0 Å². The predicted octanol–water partition coefficient (Wildman–Crippen LogP) is 5.04. The fourth-order valence-electron chi connectivity index (χ4n) is 3.53. The molecular weight excluding hydrogens is 677 g/mol. The van der Waals surface area contributed by atoms with E-state index >= 15 is 0 Å². The van der Waals surface area contributed by atoms with E-state index in [0.717, 1.165) is 6.07 Å². The highest BCUT2D eigenvalue weighted by Gasteiger charge is 2.42. The number of nitrogens with zero attached hydrogens (tertiary/aromatic N) is 4. The highest BCUT2D eigenvalue weighted by molar-refractivity contribution is 9.10. The van der Waals surface area contributed by atoms with Gasteiger partial charge in [-0.25, -0.2) is 14.7 Å². The monoisotopic (exact) mass is 688 g/mol. The van der Waals surface area contributed by atoms with Crippen molar-refractivity contribution in [1.82, 2.24) is 25.1 Å². The standard InChI is InChI=1S/C22H13BrCl2F6N6O4/c23-11-5-9(24)4-10(18(38)33-13-7-41-36(20(13)40)8-21(26,27)28)16(11)34-19(39)14-6-15(22(29,30)31)35-37(14)17-12(25)2-1-3-32-17/h1-6,13H,7-8H2,(H,33,38)(H,34,39). The van der Waals surface area contributed by atoms with Crippen molar-refractivity contribution in [1.29, 1.82) is 0 Å². The minimum absolute atomic E-state index is 0.00539. The summed E-state index contributed by atoms with van der Waals surface area (Å²) in [6.07, 6.45) is -8.51. The molecule has 218 valence electrons.